The lowest BCUT2D eigenvalue weighted by Crippen LogP contribution is -2.13. The number of nitrogens with one attached hydrogen (secondary N) is 1. The topological polar surface area (TPSA) is 73.1 Å². The number of nitrogen functional groups attached to an aromatic ring is 1. The van der Waals surface area contributed by atoms with Crippen molar-refractivity contribution in [2.24, 2.45) is 0 Å². The van der Waals surface area contributed by atoms with Crippen molar-refractivity contribution in [2.75, 3.05) is 24.2 Å². The zero-order chi connectivity index (χ0) is 12.8. The van der Waals surface area contributed by atoms with E-state index < -0.39 is 0 Å². The van der Waals surface area contributed by atoms with Crippen LogP contribution in [0.15, 0.2) is 41.1 Å². The van der Waals surface area contributed by atoms with E-state index in [2.05, 4.69) is 31.2 Å². The molecule has 0 fully saturated rings. The highest BCUT2D eigenvalue weighted by Gasteiger charge is 1.99. The van der Waals surface area contributed by atoms with Crippen LogP contribution in [0, 0.1) is 0 Å². The first-order valence-corrected chi connectivity index (χ1v) is 6.24. The van der Waals surface area contributed by atoms with Crippen LogP contribution in [0.4, 0.5) is 11.6 Å². The smallest absolute Gasteiger partial charge is 0.222 e. The Balaban J connectivity index is 1.76. The molecule has 5 nitrogen and oxygen atoms in total. The first-order chi connectivity index (χ1) is 8.75. The van der Waals surface area contributed by atoms with Gasteiger partial charge in [0.25, 0.3) is 0 Å². The molecule has 0 bridgehead atoms. The minimum absolute atomic E-state index is 0.494. The summed E-state index contributed by atoms with van der Waals surface area (Å²) in [6, 6.07) is 7.40. The van der Waals surface area contributed by atoms with Gasteiger partial charge in [-0.25, -0.2) is 9.97 Å². The molecule has 6 heteroatoms. The van der Waals surface area contributed by atoms with Gasteiger partial charge in [-0.1, -0.05) is 12.1 Å². The van der Waals surface area contributed by atoms with Gasteiger partial charge in [-0.15, -0.1) is 0 Å². The van der Waals surface area contributed by atoms with Crippen LogP contribution < -0.4 is 15.8 Å². The number of nitrogens with two attached hydrogens (primary N) is 1. The van der Waals surface area contributed by atoms with Crippen LogP contribution in [-0.2, 0) is 0 Å². The molecule has 1 heterocycles. The average Bonchev–Trinajstić information content (AvgIpc) is 2.39. The molecule has 0 aliphatic rings. The van der Waals surface area contributed by atoms with Crippen molar-refractivity contribution in [3.8, 4) is 5.75 Å². The SMILES string of the molecule is Nc1ccccc1OCCNc1ncc(Br)cn1. The summed E-state index contributed by atoms with van der Waals surface area (Å²) in [4.78, 5) is 8.18. The van der Waals surface area contributed by atoms with Gasteiger partial charge in [0.05, 0.1) is 16.7 Å². The molecule has 0 amide bonds. The highest BCUT2D eigenvalue weighted by molar-refractivity contribution is 9.10. The lowest BCUT2D eigenvalue weighted by Gasteiger charge is -2.09. The third kappa shape index (κ3) is 3.59. The second-order valence-corrected chi connectivity index (χ2v) is 4.45. The molecular formula is C12H13BrN4O. The van der Waals surface area contributed by atoms with Crippen LogP contribution in [0.3, 0.4) is 0 Å². The lowest BCUT2D eigenvalue weighted by molar-refractivity contribution is 0.334. The molecule has 0 spiro atoms. The number of aromatic nitrogens is 2. The summed E-state index contributed by atoms with van der Waals surface area (Å²) >= 11 is 3.27. The molecule has 0 aliphatic heterocycles. The molecule has 0 saturated heterocycles. The van der Waals surface area contributed by atoms with Crippen LogP contribution in [0.25, 0.3) is 0 Å². The molecule has 0 saturated carbocycles. The molecule has 0 radical (unpaired) electrons. The van der Waals surface area contributed by atoms with E-state index in [4.69, 9.17) is 10.5 Å². The van der Waals surface area contributed by atoms with Crippen LogP contribution in [0.1, 0.15) is 0 Å². The average molecular weight is 309 g/mol. The van der Waals surface area contributed by atoms with E-state index in [0.717, 1.165) is 4.47 Å². The number of anilines is 2. The summed E-state index contributed by atoms with van der Waals surface area (Å²) in [5.74, 6) is 1.26. The predicted octanol–water partition coefficient (Wildman–Crippen LogP) is 2.31. The Kier molecular flexibility index (Phi) is 4.35. The zero-order valence-corrected chi connectivity index (χ0v) is 11.2. The van der Waals surface area contributed by atoms with E-state index in [1.165, 1.54) is 0 Å². The molecule has 0 aliphatic carbocycles. The molecule has 2 rings (SSSR count). The highest BCUT2D eigenvalue weighted by atomic mass is 79.9. The molecule has 18 heavy (non-hydrogen) atoms. The Hall–Kier alpha value is -1.82. The van der Waals surface area contributed by atoms with Gasteiger partial charge < -0.3 is 15.8 Å². The van der Waals surface area contributed by atoms with Gasteiger partial charge in [0.2, 0.25) is 5.95 Å². The minimum Gasteiger partial charge on any atom is -0.490 e. The van der Waals surface area contributed by atoms with Crippen molar-refractivity contribution in [3.63, 3.8) is 0 Å². The molecule has 2 aromatic rings. The Bertz CT molecular complexity index is 504. The summed E-state index contributed by atoms with van der Waals surface area (Å²) < 4.78 is 6.38. The number of hydrogen-bond donors (Lipinski definition) is 2. The fourth-order valence-corrected chi connectivity index (χ4v) is 1.54. The van der Waals surface area contributed by atoms with Gasteiger partial charge in [-0.3, -0.25) is 0 Å². The van der Waals surface area contributed by atoms with Crippen molar-refractivity contribution < 1.29 is 4.74 Å². The maximum atomic E-state index is 5.76. The summed E-state index contributed by atoms with van der Waals surface area (Å²) in [5, 5.41) is 3.05. The van der Waals surface area contributed by atoms with E-state index in [1.54, 1.807) is 18.5 Å². The number of hydrogen-bond acceptors (Lipinski definition) is 5. The van der Waals surface area contributed by atoms with Gasteiger partial charge in [0.1, 0.15) is 12.4 Å². The van der Waals surface area contributed by atoms with E-state index in [9.17, 15) is 0 Å². The van der Waals surface area contributed by atoms with Crippen molar-refractivity contribution in [3.05, 3.63) is 41.1 Å². The third-order valence-electron chi connectivity index (χ3n) is 2.18. The van der Waals surface area contributed by atoms with E-state index in [-0.39, 0.29) is 0 Å². The quantitative estimate of drug-likeness (QED) is 0.655. The normalized spacial score (nSPS) is 10.1. The second-order valence-electron chi connectivity index (χ2n) is 3.54. The fourth-order valence-electron chi connectivity index (χ4n) is 1.34. The number of para-hydroxylation sites is 2. The Morgan fingerprint density at radius 2 is 1.94 bits per heavy atom. The van der Waals surface area contributed by atoms with Crippen LogP contribution in [0.2, 0.25) is 0 Å². The summed E-state index contributed by atoms with van der Waals surface area (Å²) in [6.45, 7) is 1.10. The van der Waals surface area contributed by atoms with E-state index in [1.807, 2.05) is 18.2 Å². The Labute approximate surface area is 114 Å². The van der Waals surface area contributed by atoms with E-state index >= 15 is 0 Å². The Morgan fingerprint density at radius 3 is 2.67 bits per heavy atom. The number of benzene rings is 1. The molecule has 1 aromatic carbocycles. The standard InChI is InChI=1S/C12H13BrN4O/c13-9-7-16-12(17-8-9)15-5-6-18-11-4-2-1-3-10(11)14/h1-4,7-8H,5-6,14H2,(H,15,16,17). The minimum atomic E-state index is 0.494. The molecule has 0 atom stereocenters. The summed E-state index contributed by atoms with van der Waals surface area (Å²) in [7, 11) is 0. The number of halogens is 1. The van der Waals surface area contributed by atoms with Crippen molar-refractivity contribution in [1.82, 2.24) is 9.97 Å². The largest absolute Gasteiger partial charge is 0.490 e. The molecule has 94 valence electrons. The van der Waals surface area contributed by atoms with Gasteiger partial charge >= 0.3 is 0 Å². The number of nitrogens with zero attached hydrogens (tertiary/aromatic N) is 2. The van der Waals surface area contributed by atoms with Gasteiger partial charge in [0, 0.05) is 12.4 Å². The molecule has 0 unspecified atom stereocenters. The van der Waals surface area contributed by atoms with Crippen LogP contribution in [-0.4, -0.2) is 23.1 Å². The predicted molar refractivity (Wildman–Crippen MR) is 74.6 cm³/mol. The zero-order valence-electron chi connectivity index (χ0n) is 9.64. The molecule has 3 N–H and O–H groups in total. The molecular weight excluding hydrogens is 296 g/mol. The van der Waals surface area contributed by atoms with Crippen molar-refractivity contribution >= 4 is 27.6 Å². The maximum Gasteiger partial charge on any atom is 0.222 e. The van der Waals surface area contributed by atoms with Gasteiger partial charge in [-0.2, -0.15) is 0 Å². The summed E-state index contributed by atoms with van der Waals surface area (Å²) in [5.41, 5.74) is 6.39. The van der Waals surface area contributed by atoms with Crippen LogP contribution >= 0.6 is 15.9 Å². The van der Waals surface area contributed by atoms with Crippen molar-refractivity contribution in [1.29, 1.82) is 0 Å². The van der Waals surface area contributed by atoms with Crippen molar-refractivity contribution in [2.45, 2.75) is 0 Å². The fraction of sp³-hybridized carbons (Fsp3) is 0.167. The molecule has 1 aromatic heterocycles. The van der Waals surface area contributed by atoms with E-state index in [0.29, 0.717) is 30.5 Å². The lowest BCUT2D eigenvalue weighted by atomic mass is 10.3. The van der Waals surface area contributed by atoms with Gasteiger partial charge in [0.15, 0.2) is 0 Å². The third-order valence-corrected chi connectivity index (χ3v) is 2.59. The number of rotatable bonds is 5. The highest BCUT2D eigenvalue weighted by Crippen LogP contribution is 2.19. The summed E-state index contributed by atoms with van der Waals surface area (Å²) in [6.07, 6.45) is 3.37. The van der Waals surface area contributed by atoms with Crippen LogP contribution in [0.5, 0.6) is 5.75 Å². The monoisotopic (exact) mass is 308 g/mol. The second kappa shape index (κ2) is 6.20. The number of ether oxygens (including phenoxy) is 1. The Morgan fingerprint density at radius 1 is 1.22 bits per heavy atom. The maximum absolute atomic E-state index is 5.76. The first kappa shape index (κ1) is 12.6. The first-order valence-electron chi connectivity index (χ1n) is 5.44. The van der Waals surface area contributed by atoms with Gasteiger partial charge in [-0.05, 0) is 28.1 Å².